The molecule has 2 N–H and O–H groups in total. The smallest absolute Gasteiger partial charge is 0.291 e. The Balaban J connectivity index is 1.33. The van der Waals surface area contributed by atoms with Gasteiger partial charge in [0.15, 0.2) is 16.8 Å². The first kappa shape index (κ1) is 19.0. The fourth-order valence-electron chi connectivity index (χ4n) is 3.16. The average molecular weight is 429 g/mol. The van der Waals surface area contributed by atoms with Gasteiger partial charge in [0, 0.05) is 17.5 Å². The third kappa shape index (κ3) is 3.90. The molecule has 5 aromatic rings. The predicted octanol–water partition coefficient (Wildman–Crippen LogP) is 4.00. The summed E-state index contributed by atoms with van der Waals surface area (Å²) in [6.07, 6.45) is 3.20. The summed E-state index contributed by atoms with van der Waals surface area (Å²) < 4.78 is 5.61. The molecule has 9 heteroatoms. The molecular weight excluding hydrogens is 414 g/mol. The molecule has 5 rings (SSSR count). The van der Waals surface area contributed by atoms with E-state index in [9.17, 15) is 9.59 Å². The molecule has 0 aliphatic heterocycles. The van der Waals surface area contributed by atoms with Crippen LogP contribution in [-0.2, 0) is 5.75 Å². The zero-order valence-electron chi connectivity index (χ0n) is 16.0. The number of benzene rings is 2. The number of anilines is 1. The van der Waals surface area contributed by atoms with Gasteiger partial charge in [-0.3, -0.25) is 14.7 Å². The summed E-state index contributed by atoms with van der Waals surface area (Å²) in [7, 11) is 0. The standard InChI is InChI=1S/C22H15N5O3S/c28-17-9-19(30-18-7-2-1-6-15(17)18)21(29)26-14-5-3-4-13(8-14)11-31-22-16-10-25-27-20(16)23-12-24-22/h1-10,12H,11H2,(H,26,29)(H,23,24,25,27). The maximum atomic E-state index is 12.6. The number of rotatable bonds is 5. The molecule has 0 radical (unpaired) electrons. The highest BCUT2D eigenvalue weighted by Crippen LogP contribution is 2.27. The Hall–Kier alpha value is -3.98. The second-order valence-electron chi connectivity index (χ2n) is 6.73. The zero-order valence-corrected chi connectivity index (χ0v) is 16.8. The molecule has 3 aromatic heterocycles. The van der Waals surface area contributed by atoms with Crippen LogP contribution < -0.4 is 10.7 Å². The lowest BCUT2D eigenvalue weighted by molar-refractivity contribution is 0.0997. The van der Waals surface area contributed by atoms with Crippen LogP contribution in [0.5, 0.6) is 0 Å². The lowest BCUT2D eigenvalue weighted by atomic mass is 10.2. The van der Waals surface area contributed by atoms with Crippen molar-refractivity contribution >= 4 is 45.4 Å². The van der Waals surface area contributed by atoms with Crippen molar-refractivity contribution in [2.45, 2.75) is 10.8 Å². The minimum absolute atomic E-state index is 0.0354. The molecule has 8 nitrogen and oxygen atoms in total. The Morgan fingerprint density at radius 3 is 2.90 bits per heavy atom. The molecule has 0 aliphatic rings. The Kier molecular flexibility index (Phi) is 4.93. The highest BCUT2D eigenvalue weighted by molar-refractivity contribution is 7.98. The molecule has 3 heterocycles. The van der Waals surface area contributed by atoms with Crippen LogP contribution in [0.25, 0.3) is 22.0 Å². The number of aromatic nitrogens is 4. The molecule has 0 bridgehead atoms. The number of amides is 1. The van der Waals surface area contributed by atoms with Crippen LogP contribution in [0.4, 0.5) is 5.69 Å². The fourth-order valence-corrected chi connectivity index (χ4v) is 4.07. The van der Waals surface area contributed by atoms with Gasteiger partial charge in [-0.05, 0) is 29.8 Å². The summed E-state index contributed by atoms with van der Waals surface area (Å²) in [5.74, 6) is 0.127. The van der Waals surface area contributed by atoms with Gasteiger partial charge in [-0.1, -0.05) is 24.3 Å². The maximum absolute atomic E-state index is 12.6. The van der Waals surface area contributed by atoms with Crippen molar-refractivity contribution in [3.05, 3.63) is 88.7 Å². The lowest BCUT2D eigenvalue weighted by Crippen LogP contribution is -2.15. The van der Waals surface area contributed by atoms with E-state index in [1.807, 2.05) is 18.2 Å². The number of hydrogen-bond donors (Lipinski definition) is 2. The van der Waals surface area contributed by atoms with Crippen molar-refractivity contribution in [3.63, 3.8) is 0 Å². The topological polar surface area (TPSA) is 114 Å². The monoisotopic (exact) mass is 429 g/mol. The van der Waals surface area contributed by atoms with Crippen molar-refractivity contribution < 1.29 is 9.21 Å². The molecule has 0 aliphatic carbocycles. The number of hydrogen-bond acceptors (Lipinski definition) is 7. The summed E-state index contributed by atoms with van der Waals surface area (Å²) in [5, 5.41) is 11.7. The van der Waals surface area contributed by atoms with Crippen molar-refractivity contribution in [2.24, 2.45) is 0 Å². The highest BCUT2D eigenvalue weighted by atomic mass is 32.2. The number of para-hydroxylation sites is 1. The van der Waals surface area contributed by atoms with Crippen LogP contribution in [0, 0.1) is 0 Å². The van der Waals surface area contributed by atoms with Gasteiger partial charge in [0.2, 0.25) is 0 Å². The van der Waals surface area contributed by atoms with E-state index in [-0.39, 0.29) is 11.2 Å². The Morgan fingerprint density at radius 2 is 1.97 bits per heavy atom. The molecule has 0 saturated heterocycles. The molecule has 0 spiro atoms. The second kappa shape index (κ2) is 8.04. The van der Waals surface area contributed by atoms with Crippen LogP contribution in [0.15, 0.2) is 81.4 Å². The van der Waals surface area contributed by atoms with Gasteiger partial charge in [0.1, 0.15) is 16.9 Å². The predicted molar refractivity (Wildman–Crippen MR) is 118 cm³/mol. The number of carbonyl (C=O) groups is 1. The van der Waals surface area contributed by atoms with Crippen LogP contribution in [0.2, 0.25) is 0 Å². The Morgan fingerprint density at radius 1 is 1.06 bits per heavy atom. The molecule has 1 amide bonds. The molecule has 2 aromatic carbocycles. The van der Waals surface area contributed by atoms with E-state index in [2.05, 4.69) is 25.5 Å². The van der Waals surface area contributed by atoms with E-state index < -0.39 is 5.91 Å². The van der Waals surface area contributed by atoms with E-state index in [1.165, 1.54) is 12.4 Å². The van der Waals surface area contributed by atoms with Crippen LogP contribution in [-0.4, -0.2) is 26.1 Å². The number of fused-ring (bicyclic) bond motifs is 2. The van der Waals surface area contributed by atoms with Crippen LogP contribution in [0.1, 0.15) is 16.1 Å². The Labute approximate surface area is 179 Å². The van der Waals surface area contributed by atoms with Gasteiger partial charge in [0.05, 0.1) is 17.0 Å². The normalized spacial score (nSPS) is 11.1. The largest absolute Gasteiger partial charge is 0.451 e. The van der Waals surface area contributed by atoms with Gasteiger partial charge in [-0.25, -0.2) is 9.97 Å². The third-order valence-electron chi connectivity index (χ3n) is 4.63. The molecule has 31 heavy (non-hydrogen) atoms. The van der Waals surface area contributed by atoms with E-state index in [0.717, 1.165) is 16.0 Å². The average Bonchev–Trinajstić information content (AvgIpc) is 3.27. The summed E-state index contributed by atoms with van der Waals surface area (Å²) in [4.78, 5) is 33.3. The second-order valence-corrected chi connectivity index (χ2v) is 7.69. The molecule has 0 atom stereocenters. The SMILES string of the molecule is O=C(Nc1cccc(CSc2ncnc3[nH]ncc23)c1)c1cc(=O)c2ccccc2o1. The number of H-pyrrole nitrogens is 1. The summed E-state index contributed by atoms with van der Waals surface area (Å²) in [5.41, 5.74) is 2.41. The minimum atomic E-state index is -0.483. The number of nitrogens with one attached hydrogen (secondary N) is 2. The van der Waals surface area contributed by atoms with E-state index in [4.69, 9.17) is 4.42 Å². The van der Waals surface area contributed by atoms with Crippen LogP contribution in [0.3, 0.4) is 0 Å². The van der Waals surface area contributed by atoms with E-state index in [1.54, 1.807) is 48.3 Å². The zero-order chi connectivity index (χ0) is 21.2. The summed E-state index contributed by atoms with van der Waals surface area (Å²) in [6, 6.07) is 15.5. The number of thioether (sulfide) groups is 1. The quantitative estimate of drug-likeness (QED) is 0.321. The molecule has 152 valence electrons. The Bertz CT molecular complexity index is 1480. The van der Waals surface area contributed by atoms with Gasteiger partial charge in [0.25, 0.3) is 5.91 Å². The van der Waals surface area contributed by atoms with Crippen molar-refractivity contribution in [2.75, 3.05) is 5.32 Å². The molecule has 0 unspecified atom stereocenters. The summed E-state index contributed by atoms with van der Waals surface area (Å²) >= 11 is 1.55. The molecule has 0 fully saturated rings. The first-order valence-corrected chi connectivity index (χ1v) is 10.4. The first-order chi connectivity index (χ1) is 15.2. The molecular formula is C22H15N5O3S. The van der Waals surface area contributed by atoms with Gasteiger partial charge >= 0.3 is 0 Å². The number of nitrogens with zero attached hydrogens (tertiary/aromatic N) is 3. The lowest BCUT2D eigenvalue weighted by Gasteiger charge is -2.08. The third-order valence-corrected chi connectivity index (χ3v) is 5.71. The molecule has 0 saturated carbocycles. The highest BCUT2D eigenvalue weighted by Gasteiger charge is 2.13. The van der Waals surface area contributed by atoms with Crippen LogP contribution >= 0.6 is 11.8 Å². The number of carbonyl (C=O) groups excluding carboxylic acids is 1. The van der Waals surface area contributed by atoms with Gasteiger partial charge in [-0.2, -0.15) is 5.10 Å². The van der Waals surface area contributed by atoms with Gasteiger partial charge in [-0.15, -0.1) is 11.8 Å². The maximum Gasteiger partial charge on any atom is 0.291 e. The van der Waals surface area contributed by atoms with Gasteiger partial charge < -0.3 is 9.73 Å². The van der Waals surface area contributed by atoms with Crippen molar-refractivity contribution in [1.29, 1.82) is 0 Å². The first-order valence-electron chi connectivity index (χ1n) is 9.37. The van der Waals surface area contributed by atoms with Crippen molar-refractivity contribution in [1.82, 2.24) is 20.2 Å². The van der Waals surface area contributed by atoms with E-state index >= 15 is 0 Å². The minimum Gasteiger partial charge on any atom is -0.451 e. The fraction of sp³-hybridized carbons (Fsp3) is 0.0455. The summed E-state index contributed by atoms with van der Waals surface area (Å²) in [6.45, 7) is 0. The van der Waals surface area contributed by atoms with E-state index in [0.29, 0.717) is 28.1 Å². The van der Waals surface area contributed by atoms with Crippen molar-refractivity contribution in [3.8, 4) is 0 Å². The number of aromatic amines is 1.